The molecule has 0 amide bonds. The second-order valence-corrected chi connectivity index (χ2v) is 4.02. The molecule has 0 heterocycles. The van der Waals surface area contributed by atoms with Gasteiger partial charge in [0.05, 0.1) is 12.2 Å². The summed E-state index contributed by atoms with van der Waals surface area (Å²) < 4.78 is 42.3. The minimum Gasteiger partial charge on any atom is -0.385 e. The number of nitrogens with one attached hydrogen (secondary N) is 1. The molecule has 1 aromatic carbocycles. The third-order valence-electron chi connectivity index (χ3n) is 2.30. The highest BCUT2D eigenvalue weighted by atomic mass is 19.4. The monoisotopic (exact) mass is 247 g/mol. The SMILES string of the molecule is COCC(C)CNc1cccc(C(F)(F)F)c1. The van der Waals surface area contributed by atoms with Crippen LogP contribution in [0, 0.1) is 5.92 Å². The molecule has 1 N–H and O–H groups in total. The van der Waals surface area contributed by atoms with E-state index in [9.17, 15) is 13.2 Å². The Morgan fingerprint density at radius 3 is 2.65 bits per heavy atom. The molecule has 0 spiro atoms. The zero-order valence-corrected chi connectivity index (χ0v) is 9.84. The topological polar surface area (TPSA) is 21.3 Å². The van der Waals surface area contributed by atoms with Crippen molar-refractivity contribution < 1.29 is 17.9 Å². The van der Waals surface area contributed by atoms with Crippen molar-refractivity contribution in [3.63, 3.8) is 0 Å². The van der Waals surface area contributed by atoms with Crippen molar-refractivity contribution in [1.29, 1.82) is 0 Å². The van der Waals surface area contributed by atoms with Crippen LogP contribution in [0.4, 0.5) is 18.9 Å². The zero-order chi connectivity index (χ0) is 12.9. The van der Waals surface area contributed by atoms with Gasteiger partial charge in [-0.15, -0.1) is 0 Å². The van der Waals surface area contributed by atoms with Gasteiger partial charge < -0.3 is 10.1 Å². The molecule has 96 valence electrons. The number of hydrogen-bond acceptors (Lipinski definition) is 2. The second-order valence-electron chi connectivity index (χ2n) is 4.02. The molecule has 0 saturated carbocycles. The number of anilines is 1. The number of hydrogen-bond donors (Lipinski definition) is 1. The third-order valence-corrected chi connectivity index (χ3v) is 2.30. The third kappa shape index (κ3) is 4.65. The summed E-state index contributed by atoms with van der Waals surface area (Å²) >= 11 is 0. The van der Waals surface area contributed by atoms with Gasteiger partial charge in [-0.1, -0.05) is 13.0 Å². The summed E-state index contributed by atoms with van der Waals surface area (Å²) in [5.41, 5.74) is -0.162. The van der Waals surface area contributed by atoms with E-state index in [1.807, 2.05) is 6.92 Å². The molecule has 1 unspecified atom stereocenters. The van der Waals surface area contributed by atoms with Crippen LogP contribution in [0.15, 0.2) is 24.3 Å². The highest BCUT2D eigenvalue weighted by Gasteiger charge is 2.30. The number of benzene rings is 1. The van der Waals surface area contributed by atoms with E-state index in [1.54, 1.807) is 13.2 Å². The molecule has 1 aromatic rings. The van der Waals surface area contributed by atoms with Crippen LogP contribution in [-0.4, -0.2) is 20.3 Å². The number of halogens is 3. The van der Waals surface area contributed by atoms with Crippen molar-refractivity contribution in [1.82, 2.24) is 0 Å². The van der Waals surface area contributed by atoms with Crippen LogP contribution < -0.4 is 5.32 Å². The van der Waals surface area contributed by atoms with E-state index >= 15 is 0 Å². The molecule has 0 aliphatic carbocycles. The second kappa shape index (κ2) is 5.91. The van der Waals surface area contributed by atoms with E-state index in [-0.39, 0.29) is 5.92 Å². The van der Waals surface area contributed by atoms with E-state index in [2.05, 4.69) is 5.32 Å². The van der Waals surface area contributed by atoms with Gasteiger partial charge in [0.15, 0.2) is 0 Å². The Balaban J connectivity index is 2.60. The van der Waals surface area contributed by atoms with Crippen molar-refractivity contribution in [2.45, 2.75) is 13.1 Å². The Morgan fingerprint density at radius 2 is 2.06 bits per heavy atom. The highest BCUT2D eigenvalue weighted by molar-refractivity contribution is 5.46. The number of rotatable bonds is 5. The largest absolute Gasteiger partial charge is 0.416 e. The molecule has 17 heavy (non-hydrogen) atoms. The van der Waals surface area contributed by atoms with Crippen LogP contribution in [0.2, 0.25) is 0 Å². The minimum absolute atomic E-state index is 0.245. The van der Waals surface area contributed by atoms with Crippen LogP contribution >= 0.6 is 0 Å². The maximum atomic E-state index is 12.4. The van der Waals surface area contributed by atoms with Crippen LogP contribution in [0.5, 0.6) is 0 Å². The van der Waals surface area contributed by atoms with Gasteiger partial charge in [-0.2, -0.15) is 13.2 Å². The van der Waals surface area contributed by atoms with Gasteiger partial charge in [0, 0.05) is 19.3 Å². The standard InChI is InChI=1S/C12H16F3NO/c1-9(8-17-2)7-16-11-5-3-4-10(6-11)12(13,14)15/h3-6,9,16H,7-8H2,1-2H3. The Labute approximate surface area is 98.8 Å². The number of methoxy groups -OCH3 is 1. The Bertz CT molecular complexity index is 352. The minimum atomic E-state index is -4.30. The van der Waals surface area contributed by atoms with E-state index in [1.165, 1.54) is 6.07 Å². The average molecular weight is 247 g/mol. The summed E-state index contributed by atoms with van der Waals surface area (Å²) in [5, 5.41) is 2.96. The fourth-order valence-corrected chi connectivity index (χ4v) is 1.44. The summed E-state index contributed by atoms with van der Waals surface area (Å²) in [6.07, 6.45) is -4.30. The van der Waals surface area contributed by atoms with Gasteiger partial charge in [0.25, 0.3) is 0 Å². The van der Waals surface area contributed by atoms with Crippen molar-refractivity contribution in [2.75, 3.05) is 25.6 Å². The summed E-state index contributed by atoms with van der Waals surface area (Å²) in [5.74, 6) is 0.245. The maximum absolute atomic E-state index is 12.4. The fourth-order valence-electron chi connectivity index (χ4n) is 1.44. The van der Waals surface area contributed by atoms with Gasteiger partial charge in [-0.25, -0.2) is 0 Å². The lowest BCUT2D eigenvalue weighted by atomic mass is 10.1. The quantitative estimate of drug-likeness (QED) is 0.861. The van der Waals surface area contributed by atoms with Crippen molar-refractivity contribution in [2.24, 2.45) is 5.92 Å². The average Bonchev–Trinajstić information content (AvgIpc) is 2.26. The molecule has 5 heteroatoms. The van der Waals surface area contributed by atoms with Crippen LogP contribution in [0.3, 0.4) is 0 Å². The van der Waals surface area contributed by atoms with Crippen molar-refractivity contribution in [3.05, 3.63) is 29.8 Å². The normalized spacial score (nSPS) is 13.5. The number of alkyl halides is 3. The van der Waals surface area contributed by atoms with Gasteiger partial charge in [-0.3, -0.25) is 0 Å². The molecule has 0 fully saturated rings. The summed E-state index contributed by atoms with van der Waals surface area (Å²) in [7, 11) is 1.60. The van der Waals surface area contributed by atoms with Gasteiger partial charge in [-0.05, 0) is 24.1 Å². The zero-order valence-electron chi connectivity index (χ0n) is 9.84. The first-order valence-corrected chi connectivity index (χ1v) is 5.33. The molecule has 0 radical (unpaired) electrons. The van der Waals surface area contributed by atoms with Gasteiger partial charge in [0.1, 0.15) is 0 Å². The highest BCUT2D eigenvalue weighted by Crippen LogP contribution is 2.30. The Kier molecular flexibility index (Phi) is 4.81. The Hall–Kier alpha value is -1.23. The smallest absolute Gasteiger partial charge is 0.385 e. The first kappa shape index (κ1) is 13.8. The molecule has 0 aliphatic heterocycles. The van der Waals surface area contributed by atoms with E-state index in [0.717, 1.165) is 12.1 Å². The molecule has 1 rings (SSSR count). The van der Waals surface area contributed by atoms with Crippen LogP contribution in [0.1, 0.15) is 12.5 Å². The lowest BCUT2D eigenvalue weighted by Crippen LogP contribution is -2.16. The Morgan fingerprint density at radius 1 is 1.35 bits per heavy atom. The van der Waals surface area contributed by atoms with Crippen molar-refractivity contribution in [3.8, 4) is 0 Å². The predicted octanol–water partition coefficient (Wildman–Crippen LogP) is 3.40. The lowest BCUT2D eigenvalue weighted by Gasteiger charge is -2.14. The molecule has 2 nitrogen and oxygen atoms in total. The lowest BCUT2D eigenvalue weighted by molar-refractivity contribution is -0.137. The molecule has 0 bridgehead atoms. The number of ether oxygens (including phenoxy) is 1. The van der Waals surface area contributed by atoms with Crippen molar-refractivity contribution >= 4 is 5.69 Å². The van der Waals surface area contributed by atoms with E-state index < -0.39 is 11.7 Å². The maximum Gasteiger partial charge on any atom is 0.416 e. The molecular weight excluding hydrogens is 231 g/mol. The summed E-state index contributed by atoms with van der Waals surface area (Å²) in [4.78, 5) is 0. The summed E-state index contributed by atoms with van der Waals surface area (Å²) in [6.45, 7) is 3.12. The molecule has 1 atom stereocenters. The fraction of sp³-hybridized carbons (Fsp3) is 0.500. The van der Waals surface area contributed by atoms with Crippen LogP contribution in [-0.2, 0) is 10.9 Å². The predicted molar refractivity (Wildman–Crippen MR) is 61.0 cm³/mol. The first-order chi connectivity index (χ1) is 7.93. The van der Waals surface area contributed by atoms with Gasteiger partial charge in [0.2, 0.25) is 0 Å². The van der Waals surface area contributed by atoms with Gasteiger partial charge >= 0.3 is 6.18 Å². The van der Waals surface area contributed by atoms with Crippen LogP contribution in [0.25, 0.3) is 0 Å². The van der Waals surface area contributed by atoms with E-state index in [0.29, 0.717) is 18.8 Å². The molecular formula is C12H16F3NO. The van der Waals surface area contributed by atoms with E-state index in [4.69, 9.17) is 4.74 Å². The first-order valence-electron chi connectivity index (χ1n) is 5.33. The molecule has 0 aromatic heterocycles. The summed E-state index contributed by atoms with van der Waals surface area (Å²) in [6, 6.07) is 5.18. The molecule has 0 saturated heterocycles. The molecule has 0 aliphatic rings.